The maximum absolute atomic E-state index is 13.5. The fraction of sp³-hybridized carbons (Fsp3) is 0.375. The zero-order valence-corrected chi connectivity index (χ0v) is 11.7. The SMILES string of the molecule is FC1(F)C2CCC(Nc3nccc(Oc4ccccc4)n3)C21. The van der Waals surface area contributed by atoms with Crippen molar-refractivity contribution in [3.63, 3.8) is 0 Å². The molecule has 3 unspecified atom stereocenters. The van der Waals surface area contributed by atoms with E-state index in [-0.39, 0.29) is 6.04 Å². The van der Waals surface area contributed by atoms with Gasteiger partial charge >= 0.3 is 0 Å². The summed E-state index contributed by atoms with van der Waals surface area (Å²) in [5.74, 6) is -2.17. The van der Waals surface area contributed by atoms with Crippen LogP contribution >= 0.6 is 0 Å². The first-order valence-corrected chi connectivity index (χ1v) is 7.35. The molecule has 0 spiro atoms. The van der Waals surface area contributed by atoms with Gasteiger partial charge in [-0.2, -0.15) is 4.98 Å². The van der Waals surface area contributed by atoms with E-state index in [0.717, 1.165) is 6.42 Å². The molecule has 0 amide bonds. The van der Waals surface area contributed by atoms with Crippen LogP contribution in [0.2, 0.25) is 0 Å². The highest BCUT2D eigenvalue weighted by Crippen LogP contribution is 2.64. The Morgan fingerprint density at radius 3 is 2.68 bits per heavy atom. The first-order chi connectivity index (χ1) is 10.6. The van der Waals surface area contributed by atoms with Crippen molar-refractivity contribution < 1.29 is 13.5 Å². The second-order valence-electron chi connectivity index (χ2n) is 5.77. The van der Waals surface area contributed by atoms with Crippen molar-refractivity contribution in [3.05, 3.63) is 42.6 Å². The molecule has 2 aliphatic carbocycles. The van der Waals surface area contributed by atoms with Crippen LogP contribution in [0.25, 0.3) is 0 Å². The summed E-state index contributed by atoms with van der Waals surface area (Å²) in [5.41, 5.74) is 0. The first-order valence-electron chi connectivity index (χ1n) is 7.35. The lowest BCUT2D eigenvalue weighted by Gasteiger charge is -2.16. The summed E-state index contributed by atoms with van der Waals surface area (Å²) >= 11 is 0. The minimum absolute atomic E-state index is 0.257. The molecule has 2 aromatic rings. The number of para-hydroxylation sites is 1. The minimum Gasteiger partial charge on any atom is -0.439 e. The third-order valence-electron chi connectivity index (χ3n) is 4.40. The van der Waals surface area contributed by atoms with Gasteiger partial charge in [-0.25, -0.2) is 13.8 Å². The summed E-state index contributed by atoms with van der Waals surface area (Å²) in [5, 5.41) is 3.03. The van der Waals surface area contributed by atoms with Crippen LogP contribution in [0.3, 0.4) is 0 Å². The van der Waals surface area contributed by atoms with E-state index in [4.69, 9.17) is 4.74 Å². The van der Waals surface area contributed by atoms with E-state index >= 15 is 0 Å². The minimum atomic E-state index is -2.52. The summed E-state index contributed by atoms with van der Waals surface area (Å²) in [6, 6.07) is 10.6. The van der Waals surface area contributed by atoms with Gasteiger partial charge in [-0.05, 0) is 25.0 Å². The lowest BCUT2D eigenvalue weighted by Crippen LogP contribution is -2.24. The molecule has 2 aliphatic rings. The molecule has 4 rings (SSSR count). The fourth-order valence-electron chi connectivity index (χ4n) is 3.28. The topological polar surface area (TPSA) is 47.0 Å². The third kappa shape index (κ3) is 2.28. The molecule has 3 atom stereocenters. The second kappa shape index (κ2) is 4.90. The Balaban J connectivity index is 1.46. The van der Waals surface area contributed by atoms with Crippen LogP contribution in [0.5, 0.6) is 11.6 Å². The Kier molecular flexibility index (Phi) is 2.99. The van der Waals surface area contributed by atoms with E-state index in [1.54, 1.807) is 12.3 Å². The van der Waals surface area contributed by atoms with Gasteiger partial charge in [0.2, 0.25) is 11.8 Å². The molecular formula is C16H15F2N3O. The number of aromatic nitrogens is 2. The quantitative estimate of drug-likeness (QED) is 0.935. The molecule has 0 radical (unpaired) electrons. The predicted octanol–water partition coefficient (Wildman–Crippen LogP) is 3.72. The lowest BCUT2D eigenvalue weighted by atomic mass is 10.1. The van der Waals surface area contributed by atoms with Gasteiger partial charge in [0.15, 0.2) is 0 Å². The zero-order valence-electron chi connectivity index (χ0n) is 11.7. The van der Waals surface area contributed by atoms with Crippen molar-refractivity contribution >= 4 is 5.95 Å². The highest BCUT2D eigenvalue weighted by atomic mass is 19.3. The van der Waals surface area contributed by atoms with E-state index in [9.17, 15) is 8.78 Å². The van der Waals surface area contributed by atoms with Gasteiger partial charge in [0.25, 0.3) is 5.92 Å². The van der Waals surface area contributed by atoms with Crippen molar-refractivity contribution in [2.75, 3.05) is 5.32 Å². The largest absolute Gasteiger partial charge is 0.439 e. The Labute approximate surface area is 126 Å². The number of halogens is 2. The average Bonchev–Trinajstić information content (AvgIpc) is 2.84. The standard InChI is InChI=1S/C16H15F2N3O/c17-16(18)11-6-7-12(14(11)16)20-15-19-9-8-13(21-15)22-10-4-2-1-3-5-10/h1-5,8-9,11-12,14H,6-7H2,(H,19,20,21). The number of nitrogens with one attached hydrogen (secondary N) is 1. The molecule has 4 nitrogen and oxygen atoms in total. The number of rotatable bonds is 4. The number of hydrogen-bond acceptors (Lipinski definition) is 4. The Bertz CT molecular complexity index is 680. The van der Waals surface area contributed by atoms with Crippen LogP contribution in [-0.2, 0) is 0 Å². The molecule has 2 fully saturated rings. The summed E-state index contributed by atoms with van der Waals surface area (Å²) in [6.45, 7) is 0. The highest BCUT2D eigenvalue weighted by Gasteiger charge is 2.73. The molecule has 2 saturated carbocycles. The molecule has 114 valence electrons. The van der Waals surface area contributed by atoms with Crippen LogP contribution in [0.1, 0.15) is 12.8 Å². The summed E-state index contributed by atoms with van der Waals surface area (Å²) in [7, 11) is 0. The highest BCUT2D eigenvalue weighted by molar-refractivity contribution is 5.34. The van der Waals surface area contributed by atoms with Crippen molar-refractivity contribution in [1.82, 2.24) is 9.97 Å². The molecule has 0 aliphatic heterocycles. The predicted molar refractivity (Wildman–Crippen MR) is 77.1 cm³/mol. The maximum Gasteiger partial charge on any atom is 0.256 e. The molecule has 1 heterocycles. The molecule has 0 bridgehead atoms. The smallest absolute Gasteiger partial charge is 0.256 e. The van der Waals surface area contributed by atoms with E-state index in [0.29, 0.717) is 24.0 Å². The van der Waals surface area contributed by atoms with E-state index in [1.807, 2.05) is 30.3 Å². The molecule has 1 aromatic heterocycles. The summed E-state index contributed by atoms with van der Waals surface area (Å²) < 4.78 is 32.5. The Morgan fingerprint density at radius 2 is 1.95 bits per heavy atom. The zero-order chi connectivity index (χ0) is 15.2. The second-order valence-corrected chi connectivity index (χ2v) is 5.77. The number of alkyl halides is 2. The van der Waals surface area contributed by atoms with Crippen molar-refractivity contribution in [3.8, 4) is 11.6 Å². The normalized spacial score (nSPS) is 28.0. The van der Waals surface area contributed by atoms with E-state index in [2.05, 4.69) is 15.3 Å². The van der Waals surface area contributed by atoms with E-state index < -0.39 is 17.8 Å². The number of fused-ring (bicyclic) bond motifs is 1. The number of hydrogen-bond donors (Lipinski definition) is 1. The van der Waals surface area contributed by atoms with Crippen LogP contribution in [0.4, 0.5) is 14.7 Å². The molecule has 22 heavy (non-hydrogen) atoms. The number of anilines is 1. The van der Waals surface area contributed by atoms with Gasteiger partial charge in [0.1, 0.15) is 5.75 Å². The first kappa shape index (κ1) is 13.4. The van der Waals surface area contributed by atoms with Gasteiger partial charge < -0.3 is 10.1 Å². The monoisotopic (exact) mass is 303 g/mol. The fourth-order valence-corrected chi connectivity index (χ4v) is 3.28. The van der Waals surface area contributed by atoms with Crippen LogP contribution in [0.15, 0.2) is 42.6 Å². The average molecular weight is 303 g/mol. The third-order valence-corrected chi connectivity index (χ3v) is 4.40. The Hall–Kier alpha value is -2.24. The van der Waals surface area contributed by atoms with Gasteiger partial charge in [-0.3, -0.25) is 0 Å². The molecule has 6 heteroatoms. The number of nitrogens with zero attached hydrogens (tertiary/aromatic N) is 2. The van der Waals surface area contributed by atoms with Crippen molar-refractivity contribution in [2.24, 2.45) is 11.8 Å². The molecule has 1 aromatic carbocycles. The van der Waals surface area contributed by atoms with Gasteiger partial charge in [-0.15, -0.1) is 0 Å². The number of benzene rings is 1. The summed E-state index contributed by atoms with van der Waals surface area (Å²) in [6.07, 6.45) is 2.86. The summed E-state index contributed by atoms with van der Waals surface area (Å²) in [4.78, 5) is 8.34. The molecule has 1 N–H and O–H groups in total. The molecule has 0 saturated heterocycles. The molecular weight excluding hydrogens is 288 g/mol. The lowest BCUT2D eigenvalue weighted by molar-refractivity contribution is 0.0702. The number of ether oxygens (including phenoxy) is 1. The van der Waals surface area contributed by atoms with Crippen LogP contribution in [-0.4, -0.2) is 21.9 Å². The van der Waals surface area contributed by atoms with Crippen LogP contribution < -0.4 is 10.1 Å². The maximum atomic E-state index is 13.5. The van der Waals surface area contributed by atoms with Crippen LogP contribution in [0, 0.1) is 11.8 Å². The van der Waals surface area contributed by atoms with Gasteiger partial charge in [0.05, 0.1) is 5.92 Å². The van der Waals surface area contributed by atoms with Gasteiger partial charge in [0, 0.05) is 24.2 Å². The Morgan fingerprint density at radius 1 is 1.14 bits per heavy atom. The van der Waals surface area contributed by atoms with Crippen molar-refractivity contribution in [1.29, 1.82) is 0 Å². The van der Waals surface area contributed by atoms with Gasteiger partial charge in [-0.1, -0.05) is 18.2 Å². The van der Waals surface area contributed by atoms with E-state index in [1.165, 1.54) is 0 Å². The van der Waals surface area contributed by atoms with Crippen molar-refractivity contribution in [2.45, 2.75) is 24.8 Å².